The van der Waals surface area contributed by atoms with Crippen molar-refractivity contribution in [3.8, 4) is 11.5 Å². The molecule has 3 rings (SSSR count). The molecule has 0 fully saturated rings. The van der Waals surface area contributed by atoms with Crippen LogP contribution >= 0.6 is 0 Å². The highest BCUT2D eigenvalue weighted by molar-refractivity contribution is 6.17. The molecule has 2 N–H and O–H groups in total. The van der Waals surface area contributed by atoms with Gasteiger partial charge in [0.25, 0.3) is 5.91 Å². The van der Waals surface area contributed by atoms with Gasteiger partial charge in [0.2, 0.25) is 5.91 Å². The Balaban J connectivity index is 1.57. The van der Waals surface area contributed by atoms with Crippen molar-refractivity contribution in [1.82, 2.24) is 5.32 Å². The molecule has 0 heterocycles. The number of anilines is 1. The maximum Gasteiger partial charge on any atom is 0.252 e. The molecule has 3 aromatic carbocycles. The van der Waals surface area contributed by atoms with Gasteiger partial charge in [0.15, 0.2) is 0 Å². The molecule has 0 unspecified atom stereocenters. The molecule has 0 saturated heterocycles. The fraction of sp³-hybridized carbons (Fsp3) is 0.0400. The quantitative estimate of drug-likeness (QED) is 0.643. The minimum absolute atomic E-state index is 0.169. The molecule has 0 saturated carbocycles. The summed E-state index contributed by atoms with van der Waals surface area (Å²) in [6.45, 7) is 7.44. The van der Waals surface area contributed by atoms with Gasteiger partial charge >= 0.3 is 0 Å². The molecule has 0 aliphatic rings. The van der Waals surface area contributed by atoms with Crippen LogP contribution < -0.4 is 25.8 Å². The van der Waals surface area contributed by atoms with Gasteiger partial charge in [0.05, 0.1) is 6.54 Å². The summed E-state index contributed by atoms with van der Waals surface area (Å²) in [5.41, 5.74) is 0.974. The molecule has 0 aromatic heterocycles. The molecule has 3 aromatic rings. The summed E-state index contributed by atoms with van der Waals surface area (Å²) in [4.78, 5) is 24.7. The van der Waals surface area contributed by atoms with Gasteiger partial charge in [-0.15, -0.1) is 0 Å². The molecular formula is C25H22N2O3. The minimum atomic E-state index is -0.386. The normalized spacial score (nSPS) is 11.2. The van der Waals surface area contributed by atoms with Crippen LogP contribution in [0.4, 0.5) is 5.69 Å². The Kier molecular flexibility index (Phi) is 6.79. The fourth-order valence-corrected chi connectivity index (χ4v) is 2.80. The summed E-state index contributed by atoms with van der Waals surface area (Å²) in [6, 6.07) is 23.7. The zero-order valence-electron chi connectivity index (χ0n) is 16.4. The number of ether oxygens (including phenoxy) is 1. The van der Waals surface area contributed by atoms with Crippen LogP contribution in [0.2, 0.25) is 0 Å². The highest BCUT2D eigenvalue weighted by atomic mass is 16.5. The van der Waals surface area contributed by atoms with Gasteiger partial charge in [-0.1, -0.05) is 61.7 Å². The van der Waals surface area contributed by atoms with Crippen molar-refractivity contribution in [2.75, 3.05) is 11.9 Å². The number of nitrogens with one attached hydrogen (secondary N) is 2. The molecule has 0 aliphatic heterocycles. The smallest absolute Gasteiger partial charge is 0.252 e. The summed E-state index contributed by atoms with van der Waals surface area (Å²) < 4.78 is 5.72. The van der Waals surface area contributed by atoms with Gasteiger partial charge < -0.3 is 15.4 Å². The number of hydrogen-bond acceptors (Lipinski definition) is 3. The van der Waals surface area contributed by atoms with Crippen LogP contribution in [0.3, 0.4) is 0 Å². The van der Waals surface area contributed by atoms with E-state index in [1.165, 1.54) is 6.08 Å². The van der Waals surface area contributed by atoms with Crippen LogP contribution in [0.15, 0.2) is 91.5 Å². The second kappa shape index (κ2) is 9.89. The molecule has 0 aliphatic carbocycles. The first kappa shape index (κ1) is 20.6. The van der Waals surface area contributed by atoms with Crippen molar-refractivity contribution in [2.24, 2.45) is 0 Å². The predicted molar refractivity (Wildman–Crippen MR) is 119 cm³/mol. The monoisotopic (exact) mass is 398 g/mol. The van der Waals surface area contributed by atoms with Crippen molar-refractivity contribution in [2.45, 2.75) is 0 Å². The van der Waals surface area contributed by atoms with Gasteiger partial charge in [-0.05, 0) is 46.8 Å². The maximum absolute atomic E-state index is 12.5. The first-order valence-electron chi connectivity index (χ1n) is 9.38. The number of hydrogen-bond donors (Lipinski definition) is 2. The fourth-order valence-electron chi connectivity index (χ4n) is 2.80. The van der Waals surface area contributed by atoms with E-state index in [4.69, 9.17) is 4.74 Å². The summed E-state index contributed by atoms with van der Waals surface area (Å²) in [5.74, 6) is 0.661. The summed E-state index contributed by atoms with van der Waals surface area (Å²) in [5, 5.41) is 6.74. The third-order valence-electron chi connectivity index (χ3n) is 4.28. The summed E-state index contributed by atoms with van der Waals surface area (Å²) >= 11 is 0. The second-order valence-corrected chi connectivity index (χ2v) is 6.45. The van der Waals surface area contributed by atoms with Gasteiger partial charge in [-0.2, -0.15) is 0 Å². The Morgan fingerprint density at radius 3 is 2.17 bits per heavy atom. The topological polar surface area (TPSA) is 67.4 Å². The van der Waals surface area contributed by atoms with Crippen LogP contribution in [-0.4, -0.2) is 18.4 Å². The number of amides is 2. The van der Waals surface area contributed by atoms with Crippen molar-refractivity contribution < 1.29 is 14.3 Å². The number of carbonyl (C=O) groups is 2. The van der Waals surface area contributed by atoms with E-state index in [1.54, 1.807) is 30.3 Å². The first-order chi connectivity index (χ1) is 14.6. The molecule has 0 atom stereocenters. The van der Waals surface area contributed by atoms with E-state index in [0.717, 1.165) is 5.75 Å². The van der Waals surface area contributed by atoms with Gasteiger partial charge in [-0.25, -0.2) is 0 Å². The van der Waals surface area contributed by atoms with Crippen LogP contribution in [0, 0.1) is 0 Å². The van der Waals surface area contributed by atoms with E-state index in [2.05, 4.69) is 23.8 Å². The minimum Gasteiger partial charge on any atom is -0.457 e. The lowest BCUT2D eigenvalue weighted by Crippen LogP contribution is -2.37. The molecular weight excluding hydrogens is 376 g/mol. The first-order valence-corrected chi connectivity index (χ1v) is 9.38. The SMILES string of the molecule is C=C/C(C(=O)NCC(=O)Nc1ccc(Oc2ccccc2)cc1)=c1/ccccc1=C. The van der Waals surface area contributed by atoms with Gasteiger partial charge in [0, 0.05) is 11.3 Å². The maximum atomic E-state index is 12.5. The molecule has 0 radical (unpaired) electrons. The standard InChI is InChI=1S/C25H22N2O3/c1-3-22(23-12-8-7-9-18(23)2)25(29)26-17-24(28)27-19-13-15-21(16-14-19)30-20-10-5-4-6-11-20/h3-16H,1-2,17H2,(H,26,29)(H,27,28)/b23-22+. The van der Waals surface area contributed by atoms with Crippen LogP contribution in [0.25, 0.3) is 12.2 Å². The molecule has 2 amide bonds. The Morgan fingerprint density at radius 2 is 1.50 bits per heavy atom. The zero-order chi connectivity index (χ0) is 21.3. The third-order valence-corrected chi connectivity index (χ3v) is 4.28. The van der Waals surface area contributed by atoms with E-state index in [9.17, 15) is 9.59 Å². The van der Waals surface area contributed by atoms with Crippen molar-refractivity contribution in [1.29, 1.82) is 0 Å². The van der Waals surface area contributed by atoms with Gasteiger partial charge in [-0.3, -0.25) is 9.59 Å². The summed E-state index contributed by atoms with van der Waals surface area (Å²) in [6.07, 6.45) is 1.46. The predicted octanol–water partition coefficient (Wildman–Crippen LogP) is 2.98. The van der Waals surface area contributed by atoms with Crippen LogP contribution in [-0.2, 0) is 9.59 Å². The Morgan fingerprint density at radius 1 is 0.867 bits per heavy atom. The number of rotatable bonds is 7. The van der Waals surface area contributed by atoms with Crippen molar-refractivity contribution in [3.63, 3.8) is 0 Å². The van der Waals surface area contributed by atoms with Crippen molar-refractivity contribution in [3.05, 3.63) is 102 Å². The average Bonchev–Trinajstić information content (AvgIpc) is 2.76. The molecule has 150 valence electrons. The van der Waals surface area contributed by atoms with Gasteiger partial charge in [0.1, 0.15) is 11.5 Å². The Hall–Kier alpha value is -4.12. The lowest BCUT2D eigenvalue weighted by molar-refractivity contribution is -0.120. The number of carbonyl (C=O) groups excluding carboxylic acids is 2. The van der Waals surface area contributed by atoms with E-state index in [-0.39, 0.29) is 18.4 Å². The van der Waals surface area contributed by atoms with Crippen molar-refractivity contribution >= 4 is 29.7 Å². The average molecular weight is 398 g/mol. The zero-order valence-corrected chi connectivity index (χ0v) is 16.4. The lowest BCUT2D eigenvalue weighted by Gasteiger charge is -2.09. The van der Waals surface area contributed by atoms with E-state index < -0.39 is 0 Å². The molecule has 0 bridgehead atoms. The Labute approximate surface area is 175 Å². The van der Waals surface area contributed by atoms with E-state index in [1.807, 2.05) is 48.5 Å². The molecule has 30 heavy (non-hydrogen) atoms. The number of para-hydroxylation sites is 1. The van der Waals surface area contributed by atoms with E-state index in [0.29, 0.717) is 27.4 Å². The third kappa shape index (κ3) is 5.45. The number of benzene rings is 3. The molecule has 5 nitrogen and oxygen atoms in total. The summed E-state index contributed by atoms with van der Waals surface area (Å²) in [7, 11) is 0. The molecule has 0 spiro atoms. The largest absolute Gasteiger partial charge is 0.457 e. The van der Waals surface area contributed by atoms with Crippen LogP contribution in [0.1, 0.15) is 0 Å². The highest BCUT2D eigenvalue weighted by Crippen LogP contribution is 2.22. The van der Waals surface area contributed by atoms with Crippen LogP contribution in [0.5, 0.6) is 11.5 Å². The van der Waals surface area contributed by atoms with E-state index >= 15 is 0 Å². The lowest BCUT2D eigenvalue weighted by atomic mass is 10.1. The highest BCUT2D eigenvalue weighted by Gasteiger charge is 2.10. The second-order valence-electron chi connectivity index (χ2n) is 6.45. The Bertz CT molecular complexity index is 1150. The molecule has 5 heteroatoms.